The number of halogens is 3. The van der Waals surface area contributed by atoms with Crippen molar-refractivity contribution in [1.29, 1.82) is 0 Å². The zero-order chi connectivity index (χ0) is 16.3. The molecule has 0 aromatic carbocycles. The van der Waals surface area contributed by atoms with E-state index in [0.717, 1.165) is 25.2 Å². The molecule has 8 heteroatoms. The summed E-state index contributed by atoms with van der Waals surface area (Å²) in [5.41, 5.74) is -3.21. The smallest absolute Gasteiger partial charge is 0.435 e. The van der Waals surface area contributed by atoms with Crippen LogP contribution < -0.4 is 0 Å². The van der Waals surface area contributed by atoms with Gasteiger partial charge in [-0.15, -0.1) is 6.42 Å². The number of esters is 1. The summed E-state index contributed by atoms with van der Waals surface area (Å²) >= 11 is 0. The third kappa shape index (κ3) is 3.42. The van der Waals surface area contributed by atoms with Crippen LogP contribution in [0.25, 0.3) is 0 Å². The highest BCUT2D eigenvalue weighted by Gasteiger charge is 2.56. The van der Waals surface area contributed by atoms with Crippen LogP contribution in [-0.2, 0) is 9.53 Å². The van der Waals surface area contributed by atoms with Gasteiger partial charge >= 0.3 is 12.1 Å². The SMILES string of the molecule is C#CC(CC)(OC(=O)C1C=CC([N+](=O)[O-])=CC1)C(F)(F)F. The molecule has 0 N–H and O–H groups in total. The number of ether oxygens (including phenoxy) is 1. The minimum Gasteiger partial charge on any atom is -0.435 e. The molecule has 0 heterocycles. The molecule has 0 spiro atoms. The number of nitro groups is 1. The van der Waals surface area contributed by atoms with Gasteiger partial charge in [-0.3, -0.25) is 14.9 Å². The molecule has 0 saturated carbocycles. The zero-order valence-electron chi connectivity index (χ0n) is 11.0. The van der Waals surface area contributed by atoms with Crippen LogP contribution in [0, 0.1) is 28.4 Å². The van der Waals surface area contributed by atoms with Crippen LogP contribution in [-0.4, -0.2) is 22.7 Å². The lowest BCUT2D eigenvalue weighted by Gasteiger charge is -2.30. The fourth-order valence-electron chi connectivity index (χ4n) is 1.71. The van der Waals surface area contributed by atoms with Gasteiger partial charge in [0.25, 0.3) is 11.3 Å². The highest BCUT2D eigenvalue weighted by atomic mass is 19.4. The van der Waals surface area contributed by atoms with Gasteiger partial charge in [0.1, 0.15) is 0 Å². The Morgan fingerprint density at radius 2 is 2.24 bits per heavy atom. The van der Waals surface area contributed by atoms with Crippen LogP contribution >= 0.6 is 0 Å². The van der Waals surface area contributed by atoms with Crippen LogP contribution in [0.15, 0.2) is 23.9 Å². The number of hydrogen-bond donors (Lipinski definition) is 0. The number of hydrogen-bond acceptors (Lipinski definition) is 4. The van der Waals surface area contributed by atoms with E-state index in [1.54, 1.807) is 0 Å². The summed E-state index contributed by atoms with van der Waals surface area (Å²) in [5.74, 6) is -0.710. The number of allylic oxidation sites excluding steroid dienone is 2. The number of carbonyl (C=O) groups is 1. The van der Waals surface area contributed by atoms with E-state index < -0.39 is 35.0 Å². The molecule has 0 aromatic heterocycles. The summed E-state index contributed by atoms with van der Waals surface area (Å²) in [6, 6.07) is 0. The second-order valence-electron chi connectivity index (χ2n) is 4.33. The molecule has 2 atom stereocenters. The predicted molar refractivity (Wildman–Crippen MR) is 66.3 cm³/mol. The molecule has 0 fully saturated rings. The van der Waals surface area contributed by atoms with Crippen LogP contribution in [0.3, 0.4) is 0 Å². The third-order valence-electron chi connectivity index (χ3n) is 3.06. The number of carbonyl (C=O) groups excluding carboxylic acids is 1. The number of alkyl halides is 3. The fourth-order valence-corrected chi connectivity index (χ4v) is 1.71. The lowest BCUT2D eigenvalue weighted by molar-refractivity contribution is -0.419. The van der Waals surface area contributed by atoms with Crippen molar-refractivity contribution in [3.63, 3.8) is 0 Å². The molecule has 114 valence electrons. The predicted octanol–water partition coefficient (Wildman–Crippen LogP) is 2.61. The van der Waals surface area contributed by atoms with E-state index in [0.29, 0.717) is 0 Å². The lowest BCUT2D eigenvalue weighted by Crippen LogP contribution is -2.48. The van der Waals surface area contributed by atoms with E-state index in [9.17, 15) is 28.1 Å². The molecular formula is C13H12F3NO4. The summed E-state index contributed by atoms with van der Waals surface area (Å²) in [7, 11) is 0. The van der Waals surface area contributed by atoms with Crippen molar-refractivity contribution >= 4 is 5.97 Å². The second-order valence-corrected chi connectivity index (χ2v) is 4.33. The maximum absolute atomic E-state index is 12.9. The molecule has 1 aliphatic carbocycles. The van der Waals surface area contributed by atoms with Crippen LogP contribution in [0.2, 0.25) is 0 Å². The number of rotatable bonds is 4. The first-order valence-corrected chi connectivity index (χ1v) is 5.97. The molecule has 0 aliphatic heterocycles. The van der Waals surface area contributed by atoms with Crippen molar-refractivity contribution in [2.24, 2.45) is 5.92 Å². The quantitative estimate of drug-likeness (QED) is 0.346. The Kier molecular flexibility index (Phi) is 4.78. The summed E-state index contributed by atoms with van der Waals surface area (Å²) in [6.45, 7) is 1.15. The Balaban J connectivity index is 2.86. The third-order valence-corrected chi connectivity index (χ3v) is 3.06. The Morgan fingerprint density at radius 3 is 2.57 bits per heavy atom. The van der Waals surface area contributed by atoms with Gasteiger partial charge in [0.15, 0.2) is 0 Å². The van der Waals surface area contributed by atoms with Crippen molar-refractivity contribution < 1.29 is 27.6 Å². The van der Waals surface area contributed by atoms with Crippen molar-refractivity contribution in [3.8, 4) is 12.3 Å². The normalized spacial score (nSPS) is 20.9. The van der Waals surface area contributed by atoms with Gasteiger partial charge in [0, 0.05) is 12.5 Å². The van der Waals surface area contributed by atoms with E-state index in [2.05, 4.69) is 4.74 Å². The Bertz CT molecular complexity index is 545. The van der Waals surface area contributed by atoms with Gasteiger partial charge in [0.05, 0.1) is 10.8 Å². The van der Waals surface area contributed by atoms with Gasteiger partial charge in [-0.05, 0) is 18.4 Å². The molecular weight excluding hydrogens is 291 g/mol. The topological polar surface area (TPSA) is 69.4 Å². The largest absolute Gasteiger partial charge is 0.440 e. The Hall–Kier alpha value is -2.30. The van der Waals surface area contributed by atoms with Crippen LogP contribution in [0.4, 0.5) is 13.2 Å². The van der Waals surface area contributed by atoms with E-state index in [4.69, 9.17) is 6.42 Å². The van der Waals surface area contributed by atoms with E-state index in [1.807, 2.05) is 0 Å². The van der Waals surface area contributed by atoms with Crippen molar-refractivity contribution in [2.75, 3.05) is 0 Å². The van der Waals surface area contributed by atoms with Crippen molar-refractivity contribution in [2.45, 2.75) is 31.5 Å². The maximum Gasteiger partial charge on any atom is 0.440 e. The summed E-state index contributed by atoms with van der Waals surface area (Å²) < 4.78 is 43.3. The van der Waals surface area contributed by atoms with Gasteiger partial charge < -0.3 is 4.74 Å². The Labute approximate surface area is 118 Å². The summed E-state index contributed by atoms with van der Waals surface area (Å²) in [5, 5.41) is 10.5. The molecule has 5 nitrogen and oxygen atoms in total. The van der Waals surface area contributed by atoms with Crippen molar-refractivity contribution in [1.82, 2.24) is 0 Å². The first-order valence-electron chi connectivity index (χ1n) is 5.97. The average molecular weight is 303 g/mol. The molecule has 0 saturated heterocycles. The molecule has 0 amide bonds. The maximum atomic E-state index is 12.9. The lowest BCUT2D eigenvalue weighted by atomic mass is 9.97. The van der Waals surface area contributed by atoms with Crippen molar-refractivity contribution in [3.05, 3.63) is 34.0 Å². The van der Waals surface area contributed by atoms with Gasteiger partial charge in [-0.25, -0.2) is 0 Å². The summed E-state index contributed by atoms with van der Waals surface area (Å²) in [6.07, 6.45) is 2.57. The molecule has 0 aromatic rings. The standard InChI is InChI=1S/C13H12F3NO4/c1-3-12(4-2,13(14,15)16)21-11(18)9-5-7-10(8-6-9)17(19)20/h1,5,7-9H,4,6H2,2H3. The minimum atomic E-state index is -4.90. The van der Waals surface area contributed by atoms with E-state index in [-0.39, 0.29) is 12.1 Å². The van der Waals surface area contributed by atoms with Crippen LogP contribution in [0.1, 0.15) is 19.8 Å². The molecule has 0 radical (unpaired) electrons. The summed E-state index contributed by atoms with van der Waals surface area (Å²) in [4.78, 5) is 21.6. The zero-order valence-corrected chi connectivity index (χ0v) is 11.0. The van der Waals surface area contributed by atoms with E-state index >= 15 is 0 Å². The molecule has 0 bridgehead atoms. The molecule has 1 rings (SSSR count). The monoisotopic (exact) mass is 303 g/mol. The molecule has 21 heavy (non-hydrogen) atoms. The van der Waals surface area contributed by atoms with Crippen LogP contribution in [0.5, 0.6) is 0 Å². The first-order chi connectivity index (χ1) is 9.66. The minimum absolute atomic E-state index is 0.117. The van der Waals surface area contributed by atoms with E-state index in [1.165, 1.54) is 5.92 Å². The van der Waals surface area contributed by atoms with Gasteiger partial charge in [-0.1, -0.05) is 13.0 Å². The highest BCUT2D eigenvalue weighted by molar-refractivity contribution is 5.76. The average Bonchev–Trinajstić information content (AvgIpc) is 2.43. The second kappa shape index (κ2) is 5.99. The number of nitrogens with zero attached hydrogens (tertiary/aromatic N) is 1. The van der Waals surface area contributed by atoms with Gasteiger partial charge in [-0.2, -0.15) is 13.2 Å². The van der Waals surface area contributed by atoms with Gasteiger partial charge in [0.2, 0.25) is 0 Å². The molecule has 1 aliphatic rings. The Morgan fingerprint density at radius 1 is 1.62 bits per heavy atom. The fraction of sp³-hybridized carbons (Fsp3) is 0.462. The first kappa shape index (κ1) is 16.8. The highest BCUT2D eigenvalue weighted by Crippen LogP contribution is 2.37. The number of terminal acetylenes is 1. The molecule has 2 unspecified atom stereocenters.